The monoisotopic (exact) mass is 415 g/mol. The third-order valence-corrected chi connectivity index (χ3v) is 5.92. The molecule has 0 bridgehead atoms. The van der Waals surface area contributed by atoms with Crippen molar-refractivity contribution >= 4 is 27.8 Å². The average molecular weight is 415 g/mol. The highest BCUT2D eigenvalue weighted by Crippen LogP contribution is 2.15. The lowest BCUT2D eigenvalue weighted by molar-refractivity contribution is -0.145. The van der Waals surface area contributed by atoms with Crippen LogP contribution in [0.4, 0.5) is 4.39 Å². The molecule has 0 saturated carbocycles. The summed E-state index contributed by atoms with van der Waals surface area (Å²) in [6.45, 7) is 1.19. The summed E-state index contributed by atoms with van der Waals surface area (Å²) in [5.74, 6) is -2.52. The van der Waals surface area contributed by atoms with E-state index in [9.17, 15) is 27.2 Å². The fraction of sp³-hybridized carbons (Fsp3) is 0.471. The Bertz CT molecular complexity index is 828. The Morgan fingerprint density at radius 2 is 2.00 bits per heavy atom. The van der Waals surface area contributed by atoms with Gasteiger partial charge in [-0.1, -0.05) is 0 Å². The second-order valence-electron chi connectivity index (χ2n) is 6.09. The van der Waals surface area contributed by atoms with Gasteiger partial charge in [0.15, 0.2) is 0 Å². The first-order chi connectivity index (χ1) is 13.2. The fourth-order valence-corrected chi connectivity index (χ4v) is 4.20. The molecule has 2 rings (SSSR count). The molecule has 1 saturated heterocycles. The van der Waals surface area contributed by atoms with E-state index in [0.29, 0.717) is 0 Å². The van der Waals surface area contributed by atoms with Crippen LogP contribution in [0.25, 0.3) is 0 Å². The summed E-state index contributed by atoms with van der Waals surface area (Å²) in [5, 5.41) is 4.97. The normalized spacial score (nSPS) is 17.6. The zero-order valence-electron chi connectivity index (χ0n) is 15.3. The van der Waals surface area contributed by atoms with Gasteiger partial charge < -0.3 is 15.4 Å². The number of hydrogen-bond acceptors (Lipinski definition) is 6. The van der Waals surface area contributed by atoms with E-state index in [1.54, 1.807) is 6.92 Å². The topological polar surface area (TPSA) is 122 Å². The Kier molecular flexibility index (Phi) is 7.46. The van der Waals surface area contributed by atoms with Crippen LogP contribution in [0, 0.1) is 5.82 Å². The van der Waals surface area contributed by atoms with Gasteiger partial charge in [-0.15, -0.1) is 0 Å². The first-order valence-electron chi connectivity index (χ1n) is 8.68. The number of nitrogens with one attached hydrogen (secondary N) is 2. The molecule has 1 heterocycles. The Morgan fingerprint density at radius 3 is 2.64 bits per heavy atom. The third-order valence-electron chi connectivity index (χ3n) is 4.06. The number of halogens is 1. The van der Waals surface area contributed by atoms with Gasteiger partial charge in [0.05, 0.1) is 31.4 Å². The second-order valence-corrected chi connectivity index (χ2v) is 8.13. The molecule has 9 nitrogen and oxygen atoms in total. The van der Waals surface area contributed by atoms with E-state index in [2.05, 4.69) is 10.6 Å². The Labute approximate surface area is 162 Å². The lowest BCUT2D eigenvalue weighted by Gasteiger charge is -2.33. The number of ether oxygens (including phenoxy) is 1. The van der Waals surface area contributed by atoms with Gasteiger partial charge in [0, 0.05) is 18.7 Å². The van der Waals surface area contributed by atoms with Crippen LogP contribution in [0.15, 0.2) is 24.3 Å². The fourth-order valence-electron chi connectivity index (χ4n) is 2.69. The molecule has 2 N–H and O–H groups in total. The summed E-state index contributed by atoms with van der Waals surface area (Å²) in [7, 11) is -3.92. The lowest BCUT2D eigenvalue weighted by Crippen LogP contribution is -2.57. The van der Waals surface area contributed by atoms with Crippen LogP contribution in [0.5, 0.6) is 0 Å². The van der Waals surface area contributed by atoms with Gasteiger partial charge in [0.2, 0.25) is 15.9 Å². The van der Waals surface area contributed by atoms with E-state index in [1.807, 2.05) is 0 Å². The van der Waals surface area contributed by atoms with Crippen molar-refractivity contribution in [3.8, 4) is 0 Å². The summed E-state index contributed by atoms with van der Waals surface area (Å²) >= 11 is 0. The van der Waals surface area contributed by atoms with Crippen LogP contribution in [0.2, 0.25) is 0 Å². The van der Waals surface area contributed by atoms with E-state index in [1.165, 1.54) is 12.1 Å². The van der Waals surface area contributed by atoms with Crippen molar-refractivity contribution in [3.63, 3.8) is 0 Å². The summed E-state index contributed by atoms with van der Waals surface area (Å²) in [6.07, 6.45) is -0.185. The molecule has 1 aliphatic rings. The molecule has 1 aliphatic heterocycles. The van der Waals surface area contributed by atoms with Crippen molar-refractivity contribution < 1.29 is 31.9 Å². The van der Waals surface area contributed by atoms with Crippen LogP contribution < -0.4 is 10.6 Å². The number of esters is 1. The zero-order valence-corrected chi connectivity index (χ0v) is 16.1. The third kappa shape index (κ3) is 5.99. The number of hydrogen-bond donors (Lipinski definition) is 2. The number of sulfonamides is 1. The van der Waals surface area contributed by atoms with Crippen molar-refractivity contribution in [2.24, 2.45) is 0 Å². The van der Waals surface area contributed by atoms with Crippen molar-refractivity contribution in [2.45, 2.75) is 19.4 Å². The molecule has 0 spiro atoms. The maximum Gasteiger partial charge on any atom is 0.307 e. The SMILES string of the molecule is CCOC(=O)C[C@H]1CNC(=O)CN1S(=O)(=O)CCNC(=O)c1ccc(F)cc1. The van der Waals surface area contributed by atoms with E-state index in [-0.39, 0.29) is 31.7 Å². The smallest absolute Gasteiger partial charge is 0.307 e. The van der Waals surface area contributed by atoms with Crippen molar-refractivity contribution in [2.75, 3.05) is 32.0 Å². The lowest BCUT2D eigenvalue weighted by atomic mass is 10.1. The van der Waals surface area contributed by atoms with Crippen LogP contribution >= 0.6 is 0 Å². The van der Waals surface area contributed by atoms with Gasteiger partial charge in [-0.25, -0.2) is 12.8 Å². The first-order valence-corrected chi connectivity index (χ1v) is 10.3. The molecule has 0 aliphatic carbocycles. The first kappa shape index (κ1) is 21.8. The minimum absolute atomic E-state index is 0.00117. The summed E-state index contributed by atoms with van der Waals surface area (Å²) < 4.78 is 44.0. The minimum atomic E-state index is -3.92. The van der Waals surface area contributed by atoms with E-state index >= 15 is 0 Å². The number of piperazine rings is 1. The predicted octanol–water partition coefficient (Wildman–Crippen LogP) is -0.361. The second kappa shape index (κ2) is 9.60. The molecule has 0 aromatic heterocycles. The highest BCUT2D eigenvalue weighted by atomic mass is 32.2. The highest BCUT2D eigenvalue weighted by molar-refractivity contribution is 7.89. The standard InChI is InChI=1S/C17H22FN3O6S/c1-2-27-16(23)9-14-10-20-15(22)11-21(14)28(25,26)8-7-19-17(24)12-3-5-13(18)6-4-12/h3-6,14H,2,7-11H2,1H3,(H,19,24)(H,20,22)/t14-/m0/s1. The molecule has 154 valence electrons. The van der Waals surface area contributed by atoms with Crippen molar-refractivity contribution in [1.82, 2.24) is 14.9 Å². The van der Waals surface area contributed by atoms with Gasteiger partial charge in [-0.2, -0.15) is 4.31 Å². The Balaban J connectivity index is 1.97. The zero-order chi connectivity index (χ0) is 20.7. The maximum absolute atomic E-state index is 12.9. The molecule has 1 aromatic carbocycles. The van der Waals surface area contributed by atoms with Crippen LogP contribution in [-0.2, 0) is 24.3 Å². The molecule has 11 heteroatoms. The summed E-state index contributed by atoms with van der Waals surface area (Å²) in [4.78, 5) is 35.3. The molecule has 0 radical (unpaired) electrons. The highest BCUT2D eigenvalue weighted by Gasteiger charge is 2.36. The summed E-state index contributed by atoms with van der Waals surface area (Å²) in [6, 6.07) is 4.05. The number of benzene rings is 1. The quantitative estimate of drug-likeness (QED) is 0.559. The molecular formula is C17H22FN3O6S. The van der Waals surface area contributed by atoms with E-state index in [0.717, 1.165) is 16.4 Å². The Hall–Kier alpha value is -2.53. The number of nitrogens with zero attached hydrogens (tertiary/aromatic N) is 1. The average Bonchev–Trinajstić information content (AvgIpc) is 2.63. The maximum atomic E-state index is 12.9. The minimum Gasteiger partial charge on any atom is -0.466 e. The molecular weight excluding hydrogens is 393 g/mol. The van der Waals surface area contributed by atoms with Gasteiger partial charge in [0.1, 0.15) is 5.82 Å². The van der Waals surface area contributed by atoms with Gasteiger partial charge >= 0.3 is 5.97 Å². The number of amides is 2. The van der Waals surface area contributed by atoms with Crippen LogP contribution in [0.3, 0.4) is 0 Å². The van der Waals surface area contributed by atoms with E-state index in [4.69, 9.17) is 4.74 Å². The largest absolute Gasteiger partial charge is 0.466 e. The van der Waals surface area contributed by atoms with Crippen molar-refractivity contribution in [1.29, 1.82) is 0 Å². The molecule has 1 aromatic rings. The molecule has 1 atom stereocenters. The molecule has 2 amide bonds. The van der Waals surface area contributed by atoms with Crippen LogP contribution in [-0.4, -0.2) is 68.5 Å². The van der Waals surface area contributed by atoms with Crippen LogP contribution in [0.1, 0.15) is 23.7 Å². The van der Waals surface area contributed by atoms with Crippen molar-refractivity contribution in [3.05, 3.63) is 35.6 Å². The Morgan fingerprint density at radius 1 is 1.32 bits per heavy atom. The number of carbonyl (C=O) groups excluding carboxylic acids is 3. The van der Waals surface area contributed by atoms with Gasteiger partial charge in [-0.05, 0) is 31.2 Å². The predicted molar refractivity (Wildman–Crippen MR) is 97.3 cm³/mol. The van der Waals surface area contributed by atoms with Gasteiger partial charge in [-0.3, -0.25) is 14.4 Å². The summed E-state index contributed by atoms with van der Waals surface area (Å²) in [5.41, 5.74) is 0.191. The number of carbonyl (C=O) groups is 3. The van der Waals surface area contributed by atoms with E-state index < -0.39 is 52.0 Å². The molecule has 28 heavy (non-hydrogen) atoms. The molecule has 0 unspecified atom stereocenters. The molecule has 1 fully saturated rings. The van der Waals surface area contributed by atoms with Gasteiger partial charge in [0.25, 0.3) is 5.91 Å². The number of rotatable bonds is 8.